The summed E-state index contributed by atoms with van der Waals surface area (Å²) in [4.78, 5) is 0. The summed E-state index contributed by atoms with van der Waals surface area (Å²) < 4.78 is 1.38. The van der Waals surface area contributed by atoms with Crippen molar-refractivity contribution in [2.45, 2.75) is 13.8 Å². The summed E-state index contributed by atoms with van der Waals surface area (Å²) in [7, 11) is 0. The van der Waals surface area contributed by atoms with Crippen LogP contribution in [0.25, 0.3) is 10.1 Å². The predicted octanol–water partition coefficient (Wildman–Crippen LogP) is 3.32. The molecule has 0 fully saturated rings. The first kappa shape index (κ1) is 10.4. The summed E-state index contributed by atoms with van der Waals surface area (Å²) in [5.41, 5.74) is 2.70. The van der Waals surface area contributed by atoms with Crippen LogP contribution in [0.1, 0.15) is 11.1 Å². The summed E-state index contributed by atoms with van der Waals surface area (Å²) in [5, 5.41) is 3.48. The number of rotatable bonds is 0. The molecule has 12 heavy (non-hydrogen) atoms. The van der Waals surface area contributed by atoms with Crippen molar-refractivity contribution in [1.82, 2.24) is 0 Å². The molecule has 0 spiro atoms. The minimum atomic E-state index is 0. The van der Waals surface area contributed by atoms with E-state index >= 15 is 0 Å². The Hall–Kier alpha value is 0.284. The standard InChI is InChI=1S/C10H9S.Y/c1-7-4-3-5-9-8(2)6-11-10(7)9;/h3-4,6H,1-2H3;/q-1;. The first-order valence-electron chi connectivity index (χ1n) is 3.64. The van der Waals surface area contributed by atoms with Crippen molar-refractivity contribution in [3.05, 3.63) is 34.7 Å². The fourth-order valence-electron chi connectivity index (χ4n) is 1.24. The molecule has 0 unspecified atom stereocenters. The van der Waals surface area contributed by atoms with Gasteiger partial charge in [-0.05, 0) is 0 Å². The van der Waals surface area contributed by atoms with Crippen LogP contribution < -0.4 is 0 Å². The van der Waals surface area contributed by atoms with E-state index in [1.54, 1.807) is 0 Å². The molecular formula is C10H9SY-. The maximum atomic E-state index is 3.25. The fraction of sp³-hybridized carbons (Fsp3) is 0.200. The van der Waals surface area contributed by atoms with Crippen LogP contribution in [0, 0.1) is 19.9 Å². The average Bonchev–Trinajstić information content (AvgIpc) is 2.35. The van der Waals surface area contributed by atoms with Gasteiger partial charge in [-0.2, -0.15) is 0 Å². The molecule has 0 bridgehead atoms. The van der Waals surface area contributed by atoms with Crippen LogP contribution in [-0.2, 0) is 32.7 Å². The molecule has 0 amide bonds. The van der Waals surface area contributed by atoms with E-state index in [0.29, 0.717) is 0 Å². The molecule has 2 heteroatoms. The summed E-state index contributed by atoms with van der Waals surface area (Å²) in [6, 6.07) is 7.36. The van der Waals surface area contributed by atoms with Gasteiger partial charge in [-0.25, -0.2) is 11.3 Å². The van der Waals surface area contributed by atoms with Crippen molar-refractivity contribution in [3.63, 3.8) is 0 Å². The predicted molar refractivity (Wildman–Crippen MR) is 50.1 cm³/mol. The molecule has 0 aliphatic carbocycles. The number of aryl methyl sites for hydroxylation is 2. The van der Waals surface area contributed by atoms with Gasteiger partial charge in [-0.15, -0.1) is 34.7 Å². The maximum absolute atomic E-state index is 3.25. The van der Waals surface area contributed by atoms with Crippen LogP contribution in [0.4, 0.5) is 0 Å². The molecule has 0 atom stereocenters. The molecule has 0 aliphatic heterocycles. The molecule has 2 rings (SSSR count). The van der Waals surface area contributed by atoms with E-state index < -0.39 is 0 Å². The normalized spacial score (nSPS) is 9.83. The second-order valence-electron chi connectivity index (χ2n) is 2.78. The van der Waals surface area contributed by atoms with Crippen LogP contribution >= 0.6 is 11.3 Å². The minimum Gasteiger partial charge on any atom is -0.206 e. The van der Waals surface area contributed by atoms with Gasteiger partial charge in [0.25, 0.3) is 0 Å². The van der Waals surface area contributed by atoms with Gasteiger partial charge in [-0.3, -0.25) is 0 Å². The van der Waals surface area contributed by atoms with Gasteiger partial charge in [0.15, 0.2) is 0 Å². The van der Waals surface area contributed by atoms with Gasteiger partial charge < -0.3 is 0 Å². The third-order valence-electron chi connectivity index (χ3n) is 1.89. The minimum absolute atomic E-state index is 0. The Morgan fingerprint density at radius 2 is 2.00 bits per heavy atom. The van der Waals surface area contributed by atoms with E-state index in [-0.39, 0.29) is 32.7 Å². The van der Waals surface area contributed by atoms with Gasteiger partial charge in [-0.1, -0.05) is 23.9 Å². The summed E-state index contributed by atoms with van der Waals surface area (Å²) in [6.07, 6.45) is 0. The number of benzene rings is 1. The second-order valence-corrected chi connectivity index (χ2v) is 3.66. The zero-order valence-electron chi connectivity index (χ0n) is 7.22. The largest absolute Gasteiger partial charge is 0.206 e. The average molecular weight is 250 g/mol. The molecule has 1 heterocycles. The van der Waals surface area contributed by atoms with Crippen LogP contribution in [0.3, 0.4) is 0 Å². The third-order valence-corrected chi connectivity index (χ3v) is 3.13. The summed E-state index contributed by atoms with van der Waals surface area (Å²) in [5.74, 6) is 0. The molecule has 1 aromatic carbocycles. The quantitative estimate of drug-likeness (QED) is 0.629. The van der Waals surface area contributed by atoms with Gasteiger partial charge in [0.2, 0.25) is 0 Å². The van der Waals surface area contributed by atoms with Gasteiger partial charge in [0.1, 0.15) is 0 Å². The zero-order chi connectivity index (χ0) is 7.84. The van der Waals surface area contributed by atoms with E-state index in [0.717, 1.165) is 0 Å². The van der Waals surface area contributed by atoms with Crippen LogP contribution in [-0.4, -0.2) is 0 Å². The molecule has 1 aromatic heterocycles. The number of hydrogen-bond acceptors (Lipinski definition) is 1. The second kappa shape index (κ2) is 3.99. The molecule has 0 saturated carbocycles. The van der Waals surface area contributed by atoms with E-state index in [1.807, 2.05) is 17.4 Å². The van der Waals surface area contributed by atoms with Crippen LogP contribution in [0.5, 0.6) is 0 Å². The Kier molecular flexibility index (Phi) is 3.45. The van der Waals surface area contributed by atoms with E-state index in [4.69, 9.17) is 0 Å². The number of hydrogen-bond donors (Lipinski definition) is 0. The monoisotopic (exact) mass is 250 g/mol. The van der Waals surface area contributed by atoms with Crippen LogP contribution in [0.2, 0.25) is 0 Å². The number of fused-ring (bicyclic) bond motifs is 1. The van der Waals surface area contributed by atoms with Crippen molar-refractivity contribution in [1.29, 1.82) is 0 Å². The van der Waals surface area contributed by atoms with Gasteiger partial charge in [0.05, 0.1) is 0 Å². The first-order valence-corrected chi connectivity index (χ1v) is 4.52. The molecule has 59 valence electrons. The molecule has 2 aromatic rings. The SMILES string of the molecule is Cc1csc2c(C)cc[c-]c12.[Y]. The molecular weight excluding hydrogens is 241 g/mol. The molecule has 0 N–H and O–H groups in total. The number of thiophene rings is 1. The molecule has 1 radical (unpaired) electrons. The van der Waals surface area contributed by atoms with Crippen molar-refractivity contribution < 1.29 is 32.7 Å². The Morgan fingerprint density at radius 3 is 2.67 bits per heavy atom. The van der Waals surface area contributed by atoms with E-state index in [9.17, 15) is 0 Å². The zero-order valence-corrected chi connectivity index (χ0v) is 10.9. The Balaban J connectivity index is 0.000000720. The topological polar surface area (TPSA) is 0 Å². The Bertz CT molecular complexity index is 390. The summed E-state index contributed by atoms with van der Waals surface area (Å²) in [6.45, 7) is 4.28. The molecule has 0 nitrogen and oxygen atoms in total. The maximum Gasteiger partial charge on any atom is 0 e. The van der Waals surface area contributed by atoms with Crippen molar-refractivity contribution in [2.75, 3.05) is 0 Å². The van der Waals surface area contributed by atoms with Gasteiger partial charge >= 0.3 is 0 Å². The van der Waals surface area contributed by atoms with Crippen molar-refractivity contribution in [2.24, 2.45) is 0 Å². The summed E-state index contributed by atoms with van der Waals surface area (Å²) >= 11 is 1.81. The van der Waals surface area contributed by atoms with E-state index in [1.165, 1.54) is 21.2 Å². The molecule has 0 saturated heterocycles. The van der Waals surface area contributed by atoms with Gasteiger partial charge in [0, 0.05) is 32.7 Å². The molecule has 0 aliphatic rings. The van der Waals surface area contributed by atoms with E-state index in [2.05, 4.69) is 31.4 Å². The third kappa shape index (κ3) is 1.63. The van der Waals surface area contributed by atoms with Crippen molar-refractivity contribution in [3.8, 4) is 0 Å². The Labute approximate surface area is 102 Å². The smallest absolute Gasteiger partial charge is 0 e. The van der Waals surface area contributed by atoms with Crippen molar-refractivity contribution >= 4 is 21.4 Å². The Morgan fingerprint density at radius 1 is 1.25 bits per heavy atom. The van der Waals surface area contributed by atoms with Crippen LogP contribution in [0.15, 0.2) is 17.5 Å². The first-order chi connectivity index (χ1) is 5.29. The fourth-order valence-corrected chi connectivity index (χ4v) is 2.24.